The zero-order valence-corrected chi connectivity index (χ0v) is 11.9. The van der Waals surface area contributed by atoms with E-state index in [-0.39, 0.29) is 5.75 Å². The van der Waals surface area contributed by atoms with E-state index in [1.165, 1.54) is 0 Å². The van der Waals surface area contributed by atoms with Crippen LogP contribution in [0.15, 0.2) is 36.7 Å². The zero-order valence-electron chi connectivity index (χ0n) is 11.9. The molecular weight excluding hydrogens is 276 g/mol. The molecule has 6 heteroatoms. The molecule has 21 heavy (non-hydrogen) atoms. The van der Waals surface area contributed by atoms with Crippen LogP contribution in [0.1, 0.15) is 24.7 Å². The number of nitrogens with zero attached hydrogens (tertiary/aromatic N) is 2. The van der Waals surface area contributed by atoms with Crippen molar-refractivity contribution in [3.63, 3.8) is 0 Å². The van der Waals surface area contributed by atoms with Crippen LogP contribution in [-0.4, -0.2) is 16.2 Å². The van der Waals surface area contributed by atoms with Crippen LogP contribution in [0.2, 0.25) is 0 Å². The van der Waals surface area contributed by atoms with Gasteiger partial charge < -0.3 is 14.6 Å². The van der Waals surface area contributed by atoms with Crippen molar-refractivity contribution in [2.24, 2.45) is 0 Å². The number of hydrogen-bond donors (Lipinski definition) is 1. The Balaban J connectivity index is 1.92. The van der Waals surface area contributed by atoms with Gasteiger partial charge in [0.05, 0.1) is 6.54 Å². The van der Waals surface area contributed by atoms with Gasteiger partial charge in [0.2, 0.25) is 0 Å². The molecular formula is C15H19F2N3O. The van der Waals surface area contributed by atoms with Gasteiger partial charge in [-0.3, -0.25) is 0 Å². The normalized spacial score (nSPS) is 11.0. The summed E-state index contributed by atoms with van der Waals surface area (Å²) in [6.45, 7) is 1.24. The molecule has 0 saturated heterocycles. The van der Waals surface area contributed by atoms with E-state index in [0.717, 1.165) is 18.8 Å². The van der Waals surface area contributed by atoms with Gasteiger partial charge in [-0.15, -0.1) is 0 Å². The van der Waals surface area contributed by atoms with Crippen LogP contribution in [0.25, 0.3) is 0 Å². The van der Waals surface area contributed by atoms with E-state index in [1.807, 2.05) is 6.20 Å². The third-order valence-corrected chi connectivity index (χ3v) is 3.05. The van der Waals surface area contributed by atoms with Crippen molar-refractivity contribution in [2.45, 2.75) is 39.6 Å². The Morgan fingerprint density at radius 1 is 1.29 bits per heavy atom. The Hall–Kier alpha value is -1.95. The quantitative estimate of drug-likeness (QED) is 0.813. The largest absolute Gasteiger partial charge is 0.434 e. The first-order valence-electron chi connectivity index (χ1n) is 6.94. The lowest BCUT2D eigenvalue weighted by atomic mass is 10.2. The first-order chi connectivity index (χ1) is 10.2. The van der Waals surface area contributed by atoms with Crippen LogP contribution in [0.3, 0.4) is 0 Å². The number of aryl methyl sites for hydroxylation is 1. The van der Waals surface area contributed by atoms with E-state index in [4.69, 9.17) is 0 Å². The van der Waals surface area contributed by atoms with Gasteiger partial charge in [-0.05, 0) is 12.5 Å². The summed E-state index contributed by atoms with van der Waals surface area (Å²) in [5.41, 5.74) is 0.700. The molecule has 0 spiro atoms. The summed E-state index contributed by atoms with van der Waals surface area (Å²) < 4.78 is 31.2. The van der Waals surface area contributed by atoms with Crippen molar-refractivity contribution in [3.8, 4) is 5.75 Å². The number of nitrogens with one attached hydrogen (secondary N) is 1. The number of aromatic nitrogens is 2. The second-order valence-corrected chi connectivity index (χ2v) is 4.63. The highest BCUT2D eigenvalue weighted by Crippen LogP contribution is 2.20. The molecule has 1 heterocycles. The molecule has 0 saturated carbocycles. The predicted octanol–water partition coefficient (Wildman–Crippen LogP) is 3.18. The molecule has 0 aliphatic carbocycles. The number of para-hydroxylation sites is 1. The van der Waals surface area contributed by atoms with Crippen LogP contribution >= 0.6 is 0 Å². The summed E-state index contributed by atoms with van der Waals surface area (Å²) >= 11 is 0. The molecule has 0 fully saturated rings. The lowest BCUT2D eigenvalue weighted by Crippen LogP contribution is -2.17. The molecule has 0 aliphatic rings. The van der Waals surface area contributed by atoms with Crippen LogP contribution in [0, 0.1) is 0 Å². The molecule has 1 N–H and O–H groups in total. The molecule has 2 aromatic rings. The Labute approximate surface area is 122 Å². The Morgan fingerprint density at radius 2 is 2.10 bits per heavy atom. The van der Waals surface area contributed by atoms with Gasteiger partial charge in [-0.1, -0.05) is 25.1 Å². The summed E-state index contributed by atoms with van der Waals surface area (Å²) in [5.74, 6) is 1.14. The maximum absolute atomic E-state index is 12.3. The molecule has 0 radical (unpaired) electrons. The minimum Gasteiger partial charge on any atom is -0.434 e. The minimum absolute atomic E-state index is 0.205. The van der Waals surface area contributed by atoms with E-state index in [1.54, 1.807) is 30.5 Å². The molecule has 2 rings (SSSR count). The van der Waals surface area contributed by atoms with Crippen molar-refractivity contribution in [1.29, 1.82) is 0 Å². The summed E-state index contributed by atoms with van der Waals surface area (Å²) in [7, 11) is 0. The number of alkyl halides is 2. The maximum atomic E-state index is 12.3. The third-order valence-electron chi connectivity index (χ3n) is 3.05. The topological polar surface area (TPSA) is 39.1 Å². The van der Waals surface area contributed by atoms with Crippen molar-refractivity contribution in [1.82, 2.24) is 14.9 Å². The lowest BCUT2D eigenvalue weighted by Gasteiger charge is -2.12. The van der Waals surface area contributed by atoms with E-state index >= 15 is 0 Å². The van der Waals surface area contributed by atoms with E-state index in [2.05, 4.69) is 26.5 Å². The molecule has 4 nitrogen and oxygen atoms in total. The second kappa shape index (κ2) is 7.73. The highest BCUT2D eigenvalue weighted by Gasteiger charge is 2.09. The monoisotopic (exact) mass is 295 g/mol. The highest BCUT2D eigenvalue weighted by atomic mass is 19.3. The van der Waals surface area contributed by atoms with Crippen molar-refractivity contribution >= 4 is 0 Å². The number of halogens is 2. The summed E-state index contributed by atoms with van der Waals surface area (Å²) in [5, 5.41) is 3.21. The average Bonchev–Trinajstić information content (AvgIpc) is 2.88. The average molecular weight is 295 g/mol. The van der Waals surface area contributed by atoms with Gasteiger partial charge in [-0.25, -0.2) is 4.98 Å². The van der Waals surface area contributed by atoms with Crippen LogP contribution < -0.4 is 10.1 Å². The standard InChI is InChI=1S/C15H19F2N3O/c1-2-8-20-9-7-19-14(20)11-18-10-12-5-3-4-6-13(12)21-15(16)17/h3-7,9,15,18H,2,8,10-11H2,1H3. The Kier molecular flexibility index (Phi) is 5.68. The molecule has 0 atom stereocenters. The Morgan fingerprint density at radius 3 is 2.86 bits per heavy atom. The van der Waals surface area contributed by atoms with E-state index in [9.17, 15) is 8.78 Å². The smallest absolute Gasteiger partial charge is 0.387 e. The van der Waals surface area contributed by atoms with Gasteiger partial charge >= 0.3 is 6.61 Å². The fourth-order valence-electron chi connectivity index (χ4n) is 2.12. The van der Waals surface area contributed by atoms with Gasteiger partial charge in [0.15, 0.2) is 0 Å². The minimum atomic E-state index is -2.81. The molecule has 0 bridgehead atoms. The number of imidazole rings is 1. The fourth-order valence-corrected chi connectivity index (χ4v) is 2.12. The van der Waals surface area contributed by atoms with Crippen LogP contribution in [-0.2, 0) is 19.6 Å². The van der Waals surface area contributed by atoms with Gasteiger partial charge in [0.25, 0.3) is 0 Å². The Bertz CT molecular complexity index is 557. The fraction of sp³-hybridized carbons (Fsp3) is 0.400. The first kappa shape index (κ1) is 15.4. The van der Waals surface area contributed by atoms with Crippen molar-refractivity contribution < 1.29 is 13.5 Å². The van der Waals surface area contributed by atoms with Crippen LogP contribution in [0.5, 0.6) is 5.75 Å². The number of benzene rings is 1. The zero-order chi connectivity index (χ0) is 15.1. The van der Waals surface area contributed by atoms with Crippen LogP contribution in [0.4, 0.5) is 8.78 Å². The van der Waals surface area contributed by atoms with Crippen molar-refractivity contribution in [2.75, 3.05) is 0 Å². The first-order valence-corrected chi connectivity index (χ1v) is 6.94. The summed E-state index contributed by atoms with van der Waals surface area (Å²) in [6.07, 6.45) is 4.74. The summed E-state index contributed by atoms with van der Waals surface area (Å²) in [4.78, 5) is 4.29. The molecule has 0 unspecified atom stereocenters. The lowest BCUT2D eigenvalue weighted by molar-refractivity contribution is -0.0505. The predicted molar refractivity (Wildman–Crippen MR) is 76.1 cm³/mol. The van der Waals surface area contributed by atoms with Gasteiger partial charge in [-0.2, -0.15) is 8.78 Å². The number of rotatable bonds is 8. The van der Waals surface area contributed by atoms with E-state index in [0.29, 0.717) is 18.7 Å². The second-order valence-electron chi connectivity index (χ2n) is 4.63. The van der Waals surface area contributed by atoms with Gasteiger partial charge in [0.1, 0.15) is 11.6 Å². The maximum Gasteiger partial charge on any atom is 0.387 e. The number of hydrogen-bond acceptors (Lipinski definition) is 3. The van der Waals surface area contributed by atoms with Crippen molar-refractivity contribution in [3.05, 3.63) is 48.0 Å². The number of ether oxygens (including phenoxy) is 1. The van der Waals surface area contributed by atoms with E-state index < -0.39 is 6.61 Å². The molecule has 0 amide bonds. The third kappa shape index (κ3) is 4.53. The molecule has 0 aliphatic heterocycles. The summed E-state index contributed by atoms with van der Waals surface area (Å²) in [6, 6.07) is 6.78. The molecule has 1 aromatic heterocycles. The SMILES string of the molecule is CCCn1ccnc1CNCc1ccccc1OC(F)F. The molecule has 114 valence electrons. The highest BCUT2D eigenvalue weighted by molar-refractivity contribution is 5.33. The molecule has 1 aromatic carbocycles. The van der Waals surface area contributed by atoms with Gasteiger partial charge in [0, 0.05) is 31.0 Å².